The quantitative estimate of drug-likeness (QED) is 0.678. The molecule has 0 bridgehead atoms. The maximum atomic E-state index is 13.5. The van der Waals surface area contributed by atoms with Gasteiger partial charge in [-0.3, -0.25) is 10.1 Å². The Morgan fingerprint density at radius 1 is 1.45 bits per heavy atom. The van der Waals surface area contributed by atoms with Crippen LogP contribution in [-0.2, 0) is 0 Å². The molecule has 6 nitrogen and oxygen atoms in total. The molecule has 0 radical (unpaired) electrons. The minimum atomic E-state index is -0.572. The Kier molecular flexibility index (Phi) is 4.14. The molecule has 0 amide bonds. The van der Waals surface area contributed by atoms with E-state index in [0.29, 0.717) is 10.2 Å². The number of hydrogen-bond donors (Lipinski definition) is 1. The summed E-state index contributed by atoms with van der Waals surface area (Å²) in [6, 6.07) is 5.44. The van der Waals surface area contributed by atoms with Crippen LogP contribution in [0.25, 0.3) is 0 Å². The molecule has 1 aromatic heterocycles. The van der Waals surface area contributed by atoms with Gasteiger partial charge in [0.15, 0.2) is 11.6 Å². The number of nitro groups is 1. The molecule has 8 heteroatoms. The molecule has 0 saturated heterocycles. The molecule has 1 aromatic carbocycles. The Morgan fingerprint density at radius 3 is 2.80 bits per heavy atom. The average molecular weight is 342 g/mol. The zero-order valence-electron chi connectivity index (χ0n) is 10.3. The summed E-state index contributed by atoms with van der Waals surface area (Å²) in [4.78, 5) is 14.3. The normalized spacial score (nSPS) is 10.2. The van der Waals surface area contributed by atoms with Crippen molar-refractivity contribution in [3.8, 4) is 5.75 Å². The van der Waals surface area contributed by atoms with E-state index in [2.05, 4.69) is 26.2 Å². The largest absolute Gasteiger partial charge is 0.494 e. The summed E-state index contributed by atoms with van der Waals surface area (Å²) in [5.74, 6) is -0.450. The van der Waals surface area contributed by atoms with E-state index in [1.807, 2.05) is 0 Å². The maximum absolute atomic E-state index is 13.5. The highest BCUT2D eigenvalue weighted by atomic mass is 79.9. The van der Waals surface area contributed by atoms with Crippen LogP contribution in [-0.4, -0.2) is 17.0 Å². The van der Waals surface area contributed by atoms with Crippen LogP contribution in [0.2, 0.25) is 0 Å². The molecular weight excluding hydrogens is 333 g/mol. The fourth-order valence-electron chi connectivity index (χ4n) is 1.54. The number of aromatic nitrogens is 1. The van der Waals surface area contributed by atoms with Crippen molar-refractivity contribution in [1.82, 2.24) is 4.98 Å². The molecule has 0 aliphatic rings. The molecule has 1 heterocycles. The lowest BCUT2D eigenvalue weighted by atomic mass is 10.3. The van der Waals surface area contributed by atoms with Gasteiger partial charge in [0, 0.05) is 28.5 Å². The Bertz CT molecular complexity index is 666. The number of anilines is 2. The number of rotatable bonds is 4. The van der Waals surface area contributed by atoms with Gasteiger partial charge in [0.05, 0.1) is 12.0 Å². The summed E-state index contributed by atoms with van der Waals surface area (Å²) in [7, 11) is 1.35. The number of benzene rings is 1. The Labute approximate surface area is 121 Å². The second-order valence-electron chi connectivity index (χ2n) is 3.75. The van der Waals surface area contributed by atoms with E-state index in [-0.39, 0.29) is 17.3 Å². The topological polar surface area (TPSA) is 77.3 Å². The summed E-state index contributed by atoms with van der Waals surface area (Å²) < 4.78 is 18.8. The number of halogens is 2. The number of methoxy groups -OCH3 is 1. The van der Waals surface area contributed by atoms with E-state index in [9.17, 15) is 14.5 Å². The summed E-state index contributed by atoms with van der Waals surface area (Å²) in [6.45, 7) is 0. The van der Waals surface area contributed by atoms with Crippen molar-refractivity contribution in [2.45, 2.75) is 0 Å². The molecule has 2 aromatic rings. The van der Waals surface area contributed by atoms with Gasteiger partial charge in [-0.1, -0.05) is 0 Å². The van der Waals surface area contributed by atoms with E-state index < -0.39 is 10.7 Å². The predicted octanol–water partition coefficient (Wildman–Crippen LogP) is 3.64. The zero-order chi connectivity index (χ0) is 14.7. The standard InChI is InChI=1S/C12H9BrFN3O3/c1-20-11-3-2-8(5-9(11)14)16-12-10(17(18)19)4-7(13)6-15-12/h2-6H,1H3,(H,15,16). The summed E-state index contributed by atoms with van der Waals surface area (Å²) in [5, 5.41) is 13.6. The third-order valence-electron chi connectivity index (χ3n) is 2.45. The molecule has 0 spiro atoms. The van der Waals surface area contributed by atoms with Crippen molar-refractivity contribution in [2.75, 3.05) is 12.4 Å². The number of nitrogens with zero attached hydrogens (tertiary/aromatic N) is 2. The average Bonchev–Trinajstić information content (AvgIpc) is 2.41. The lowest BCUT2D eigenvalue weighted by molar-refractivity contribution is -0.384. The third kappa shape index (κ3) is 3.02. The van der Waals surface area contributed by atoms with Gasteiger partial charge in [-0.15, -0.1) is 0 Å². The molecule has 0 saturated carbocycles. The van der Waals surface area contributed by atoms with Crippen LogP contribution in [0, 0.1) is 15.9 Å². The van der Waals surface area contributed by atoms with Crippen LogP contribution in [0.4, 0.5) is 21.6 Å². The molecule has 0 aliphatic heterocycles. The molecule has 0 aliphatic carbocycles. The van der Waals surface area contributed by atoms with Crippen LogP contribution in [0.1, 0.15) is 0 Å². The molecular formula is C12H9BrFN3O3. The fourth-order valence-corrected chi connectivity index (χ4v) is 1.86. The van der Waals surface area contributed by atoms with E-state index in [1.165, 1.54) is 37.6 Å². The van der Waals surface area contributed by atoms with Crippen LogP contribution in [0.5, 0.6) is 5.75 Å². The van der Waals surface area contributed by atoms with Crippen molar-refractivity contribution in [3.63, 3.8) is 0 Å². The zero-order valence-corrected chi connectivity index (χ0v) is 11.8. The first kappa shape index (κ1) is 14.2. The van der Waals surface area contributed by atoms with Gasteiger partial charge < -0.3 is 10.1 Å². The Hall–Kier alpha value is -2.22. The van der Waals surface area contributed by atoms with Crippen LogP contribution < -0.4 is 10.1 Å². The highest BCUT2D eigenvalue weighted by Gasteiger charge is 2.16. The molecule has 0 atom stereocenters. The van der Waals surface area contributed by atoms with Gasteiger partial charge >= 0.3 is 5.69 Å². The lowest BCUT2D eigenvalue weighted by Crippen LogP contribution is -2.00. The van der Waals surface area contributed by atoms with Gasteiger partial charge in [0.25, 0.3) is 0 Å². The molecule has 1 N–H and O–H groups in total. The predicted molar refractivity (Wildman–Crippen MR) is 74.8 cm³/mol. The van der Waals surface area contributed by atoms with E-state index in [4.69, 9.17) is 4.74 Å². The molecule has 104 valence electrons. The second kappa shape index (κ2) is 5.83. The van der Waals surface area contributed by atoms with Crippen molar-refractivity contribution < 1.29 is 14.1 Å². The number of hydrogen-bond acceptors (Lipinski definition) is 5. The molecule has 0 fully saturated rings. The monoisotopic (exact) mass is 341 g/mol. The molecule has 0 unspecified atom stereocenters. The van der Waals surface area contributed by atoms with Crippen LogP contribution in [0.15, 0.2) is 34.9 Å². The summed E-state index contributed by atoms with van der Waals surface area (Å²) in [5.41, 5.74) is 0.122. The SMILES string of the molecule is COc1ccc(Nc2ncc(Br)cc2[N+](=O)[O-])cc1F. The first-order chi connectivity index (χ1) is 9.51. The Balaban J connectivity index is 2.35. The highest BCUT2D eigenvalue weighted by molar-refractivity contribution is 9.10. The summed E-state index contributed by atoms with van der Waals surface area (Å²) >= 11 is 3.11. The number of ether oxygens (including phenoxy) is 1. The maximum Gasteiger partial charge on any atom is 0.312 e. The summed E-state index contributed by atoms with van der Waals surface area (Å²) in [6.07, 6.45) is 1.41. The van der Waals surface area contributed by atoms with Crippen molar-refractivity contribution in [1.29, 1.82) is 0 Å². The lowest BCUT2D eigenvalue weighted by Gasteiger charge is -2.08. The highest BCUT2D eigenvalue weighted by Crippen LogP contribution is 2.29. The van der Waals surface area contributed by atoms with E-state index in [0.717, 1.165) is 0 Å². The number of pyridine rings is 1. The first-order valence-electron chi connectivity index (χ1n) is 5.41. The van der Waals surface area contributed by atoms with Gasteiger partial charge in [-0.05, 0) is 28.1 Å². The van der Waals surface area contributed by atoms with E-state index >= 15 is 0 Å². The van der Waals surface area contributed by atoms with Gasteiger partial charge in [0.1, 0.15) is 0 Å². The van der Waals surface area contributed by atoms with Gasteiger partial charge in [-0.2, -0.15) is 0 Å². The smallest absolute Gasteiger partial charge is 0.312 e. The minimum Gasteiger partial charge on any atom is -0.494 e. The first-order valence-corrected chi connectivity index (χ1v) is 6.21. The Morgan fingerprint density at radius 2 is 2.20 bits per heavy atom. The van der Waals surface area contributed by atoms with Gasteiger partial charge in [-0.25, -0.2) is 9.37 Å². The van der Waals surface area contributed by atoms with Crippen LogP contribution in [0.3, 0.4) is 0 Å². The van der Waals surface area contributed by atoms with E-state index in [1.54, 1.807) is 0 Å². The fraction of sp³-hybridized carbons (Fsp3) is 0.0833. The van der Waals surface area contributed by atoms with Crippen molar-refractivity contribution >= 4 is 33.1 Å². The molecule has 2 rings (SSSR count). The van der Waals surface area contributed by atoms with Crippen molar-refractivity contribution in [3.05, 3.63) is 50.9 Å². The second-order valence-corrected chi connectivity index (χ2v) is 4.67. The molecule has 20 heavy (non-hydrogen) atoms. The van der Waals surface area contributed by atoms with Crippen molar-refractivity contribution in [2.24, 2.45) is 0 Å². The van der Waals surface area contributed by atoms with Gasteiger partial charge in [0.2, 0.25) is 5.82 Å². The number of nitrogens with one attached hydrogen (secondary N) is 1. The minimum absolute atomic E-state index is 0.0303. The van der Waals surface area contributed by atoms with Crippen LogP contribution >= 0.6 is 15.9 Å². The third-order valence-corrected chi connectivity index (χ3v) is 2.88.